The van der Waals surface area contributed by atoms with E-state index in [1.165, 1.54) is 22.9 Å². The number of hydrogen-bond donors (Lipinski definition) is 7. The van der Waals surface area contributed by atoms with Crippen molar-refractivity contribution in [2.24, 2.45) is 28.5 Å². The predicted molar refractivity (Wildman–Crippen MR) is 260 cm³/mol. The van der Waals surface area contributed by atoms with Gasteiger partial charge in [0.25, 0.3) is 5.91 Å². The van der Waals surface area contributed by atoms with Crippen molar-refractivity contribution >= 4 is 29.7 Å². The summed E-state index contributed by atoms with van der Waals surface area (Å²) < 4.78 is 36.6. The maximum absolute atomic E-state index is 15.4. The summed E-state index contributed by atoms with van der Waals surface area (Å²) in [6.07, 6.45) is 4.26. The van der Waals surface area contributed by atoms with E-state index in [2.05, 4.69) is 21.3 Å². The molecule has 0 aliphatic heterocycles. The Balaban J connectivity index is 1.78. The first-order valence-electron chi connectivity index (χ1n) is 23.7. The van der Waals surface area contributed by atoms with E-state index in [0.717, 1.165) is 24.0 Å². The second kappa shape index (κ2) is 28.7. The molecule has 19 heteroatoms. The summed E-state index contributed by atoms with van der Waals surface area (Å²) in [4.78, 5) is 75.1. The maximum Gasteiger partial charge on any atom is 0.410 e. The highest BCUT2D eigenvalue weighted by Gasteiger charge is 2.39. The molecule has 1 aromatic heterocycles. The van der Waals surface area contributed by atoms with Crippen LogP contribution in [0.1, 0.15) is 103 Å². The van der Waals surface area contributed by atoms with Crippen LogP contribution in [0, 0.1) is 24.1 Å². The van der Waals surface area contributed by atoms with Crippen molar-refractivity contribution in [1.82, 2.24) is 40.6 Å². The molecule has 0 aliphatic carbocycles. The summed E-state index contributed by atoms with van der Waals surface area (Å²) >= 11 is 0. The van der Waals surface area contributed by atoms with Gasteiger partial charge in [-0.3, -0.25) is 19.2 Å². The molecule has 0 aliphatic rings. The van der Waals surface area contributed by atoms with Gasteiger partial charge in [-0.1, -0.05) is 83.0 Å². The molecule has 2 aromatic carbocycles. The maximum atomic E-state index is 15.4. The van der Waals surface area contributed by atoms with E-state index in [9.17, 15) is 28.4 Å². The first-order chi connectivity index (χ1) is 32.3. The lowest BCUT2D eigenvalue weighted by atomic mass is 9.84. The molecule has 4 atom stereocenters. The molecule has 4 unspecified atom stereocenters. The number of ether oxygens (including phenoxy) is 1. The number of aryl methyl sites for hydroxylation is 1. The number of alkyl halides is 1. The normalized spacial score (nSPS) is 13.3. The zero-order chi connectivity index (χ0) is 50.4. The van der Waals surface area contributed by atoms with Gasteiger partial charge in [0.2, 0.25) is 17.7 Å². The lowest BCUT2D eigenvalue weighted by Gasteiger charge is -2.40. The summed E-state index contributed by atoms with van der Waals surface area (Å²) in [6, 6.07) is 10.9. The Morgan fingerprint density at radius 2 is 1.63 bits per heavy atom. The number of halogens is 2. The number of carbonyl (C=O) groups is 5. The van der Waals surface area contributed by atoms with Crippen LogP contribution in [0.5, 0.6) is 0 Å². The minimum absolute atomic E-state index is 0.00285. The molecule has 0 fully saturated rings. The highest BCUT2D eigenvalue weighted by Crippen LogP contribution is 2.40. The predicted octanol–water partition coefficient (Wildman–Crippen LogP) is 4.26. The fraction of sp³-hybridized carbons (Fsp3) is 0.592. The van der Waals surface area contributed by atoms with Crippen LogP contribution in [0.4, 0.5) is 13.6 Å². The first-order valence-corrected chi connectivity index (χ1v) is 23.7. The Morgan fingerprint density at radius 1 is 0.912 bits per heavy atom. The van der Waals surface area contributed by atoms with E-state index >= 15 is 4.39 Å². The van der Waals surface area contributed by atoms with Crippen LogP contribution in [0.15, 0.2) is 54.7 Å². The molecule has 378 valence electrons. The molecule has 0 saturated carbocycles. The smallest absolute Gasteiger partial charge is 0.410 e. The number of aromatic nitrogens is 2. The zero-order valence-corrected chi connectivity index (χ0v) is 41.1. The van der Waals surface area contributed by atoms with Crippen LogP contribution < -0.4 is 38.5 Å². The number of nitrogens with two attached hydrogens (primary N) is 3. The van der Waals surface area contributed by atoms with Crippen molar-refractivity contribution in [3.05, 3.63) is 77.5 Å². The molecular formula is C49H77F2N11O6. The molecular weight excluding hydrogens is 877 g/mol. The van der Waals surface area contributed by atoms with E-state index in [0.29, 0.717) is 49.6 Å². The van der Waals surface area contributed by atoms with E-state index in [1.54, 1.807) is 32.2 Å². The summed E-state index contributed by atoms with van der Waals surface area (Å²) in [5, 5.41) is 11.4. The van der Waals surface area contributed by atoms with Gasteiger partial charge >= 0.3 is 6.09 Å². The summed E-state index contributed by atoms with van der Waals surface area (Å²) in [5.74, 6) is -2.12. The quantitative estimate of drug-likeness (QED) is 0.0383. The van der Waals surface area contributed by atoms with E-state index in [-0.39, 0.29) is 57.4 Å². The summed E-state index contributed by atoms with van der Waals surface area (Å²) in [7, 11) is 1.45. The van der Waals surface area contributed by atoms with Gasteiger partial charge in [-0.2, -0.15) is 0 Å². The van der Waals surface area contributed by atoms with Gasteiger partial charge in [-0.25, -0.2) is 18.6 Å². The van der Waals surface area contributed by atoms with Gasteiger partial charge in [0.1, 0.15) is 30.4 Å². The lowest BCUT2D eigenvalue weighted by molar-refractivity contribution is -0.140. The number of nitrogens with zero attached hydrogens (tertiary/aromatic N) is 4. The number of carbonyl (C=O) groups excluding carboxylic acids is 5. The molecule has 3 aromatic rings. The number of rotatable bonds is 29. The van der Waals surface area contributed by atoms with Crippen molar-refractivity contribution in [3.63, 3.8) is 0 Å². The van der Waals surface area contributed by atoms with E-state index in [4.69, 9.17) is 26.9 Å². The van der Waals surface area contributed by atoms with E-state index < -0.39 is 72.5 Å². The number of benzene rings is 2. The third-order valence-electron chi connectivity index (χ3n) is 11.4. The van der Waals surface area contributed by atoms with Gasteiger partial charge < -0.3 is 57.6 Å². The zero-order valence-electron chi connectivity index (χ0n) is 41.1. The van der Waals surface area contributed by atoms with Gasteiger partial charge in [0.05, 0.1) is 11.7 Å². The average molecular weight is 954 g/mol. The van der Waals surface area contributed by atoms with Crippen LogP contribution >= 0.6 is 0 Å². The lowest BCUT2D eigenvalue weighted by Crippen LogP contribution is -2.55. The molecule has 10 N–H and O–H groups in total. The van der Waals surface area contributed by atoms with Gasteiger partial charge in [-0.05, 0) is 81.1 Å². The average Bonchev–Trinajstić information content (AvgIpc) is 3.70. The molecule has 17 nitrogen and oxygen atoms in total. The number of amides is 5. The first kappa shape index (κ1) is 56.8. The van der Waals surface area contributed by atoms with Crippen molar-refractivity contribution in [2.45, 2.75) is 117 Å². The Morgan fingerprint density at radius 3 is 2.28 bits per heavy atom. The van der Waals surface area contributed by atoms with Crippen molar-refractivity contribution in [1.29, 1.82) is 0 Å². The number of unbranched alkanes of at least 4 members (excludes halogenated alkanes) is 2. The van der Waals surface area contributed by atoms with Gasteiger partial charge in [0.15, 0.2) is 6.61 Å². The van der Waals surface area contributed by atoms with Crippen LogP contribution in [-0.2, 0) is 30.5 Å². The molecule has 0 saturated heterocycles. The van der Waals surface area contributed by atoms with Crippen molar-refractivity contribution in [2.75, 3.05) is 59.7 Å². The van der Waals surface area contributed by atoms with E-state index in [1.807, 2.05) is 62.6 Å². The summed E-state index contributed by atoms with van der Waals surface area (Å²) in [5.41, 5.74) is 18.9. The van der Waals surface area contributed by atoms with Crippen molar-refractivity contribution < 1.29 is 37.5 Å². The largest absolute Gasteiger partial charge is 0.439 e. The third-order valence-corrected chi connectivity index (χ3v) is 11.4. The molecule has 0 radical (unpaired) electrons. The minimum atomic E-state index is -0.956. The fourth-order valence-corrected chi connectivity index (χ4v) is 7.62. The number of hydrogen-bond acceptors (Lipinski definition) is 11. The number of likely N-dealkylation sites (N-methyl/N-ethyl adjacent to an activating group) is 1. The molecule has 68 heavy (non-hydrogen) atoms. The minimum Gasteiger partial charge on any atom is -0.439 e. The topological polar surface area (TPSA) is 245 Å². The molecule has 3 rings (SSSR count). The Labute approximate surface area is 401 Å². The van der Waals surface area contributed by atoms with Crippen LogP contribution in [0.2, 0.25) is 0 Å². The molecule has 0 bridgehead atoms. The van der Waals surface area contributed by atoms with Crippen molar-refractivity contribution in [3.8, 4) is 11.3 Å². The highest BCUT2D eigenvalue weighted by atomic mass is 19.1. The van der Waals surface area contributed by atoms with Crippen LogP contribution in [-0.4, -0.2) is 127 Å². The van der Waals surface area contributed by atoms with Gasteiger partial charge in [0, 0.05) is 64.1 Å². The second-order valence-electron chi connectivity index (χ2n) is 18.7. The Kier molecular flexibility index (Phi) is 24.0. The monoisotopic (exact) mass is 954 g/mol. The summed E-state index contributed by atoms with van der Waals surface area (Å²) in [6.45, 7) is 11.3. The fourth-order valence-electron chi connectivity index (χ4n) is 7.62. The molecule has 0 spiro atoms. The molecule has 1 heterocycles. The second-order valence-corrected chi connectivity index (χ2v) is 18.7. The van der Waals surface area contributed by atoms with Crippen LogP contribution in [0.25, 0.3) is 11.3 Å². The SMILES string of the molecule is Cc1ccc(F)c(-c2cn(Cc3ccccc3)c(C(N(CCC(N)CF)C(=O)COC(=O)N(C)CCNC(=O)C(CCCNCN)NC(=O)C(NC(=O)CCCCCN)C(C)C)C(C)(C)C)n2)c1. The number of imidazole rings is 1. The Bertz CT molecular complexity index is 2050. The molecule has 5 amide bonds. The van der Waals surface area contributed by atoms with Gasteiger partial charge in [-0.15, -0.1) is 0 Å². The number of nitrogens with one attached hydrogen (secondary N) is 4. The highest BCUT2D eigenvalue weighted by molar-refractivity contribution is 5.92. The van der Waals surface area contributed by atoms with Crippen LogP contribution in [0.3, 0.4) is 0 Å². The third kappa shape index (κ3) is 18.5. The Hall–Kier alpha value is -5.50. The standard InChI is InChI=1S/C49H77F2N11O6/c1-33(2)43(59-41(63)18-12-9-13-22-52)47(66)58-39(17-14-23-55-32-53)46(65)56-24-26-60(7)48(67)68-31-42(64)62(25-21-36(54)28-50)44(49(4,5)6)45-57-40(37-27-34(3)19-20-38(37)51)30-61(45)29-35-15-10-8-11-16-35/h8,10-11,15-16,19-20,27,30,33,36,39,43-44,55H,9,12-14,17-18,21-26,28-29,31-32,52-54H2,1-7H3,(H,56,65)(H,58,66)(H,59,63).